The summed E-state index contributed by atoms with van der Waals surface area (Å²) in [7, 11) is -7.38. The summed E-state index contributed by atoms with van der Waals surface area (Å²) in [6, 6.07) is 11.1. The fraction of sp³-hybridized carbons (Fsp3) is 0.444. The number of rotatable bonds is 8. The van der Waals surface area contributed by atoms with Crippen LogP contribution in [0.1, 0.15) is 5.56 Å². The molecule has 14 heteroatoms. The molecule has 222 valence electrons. The number of amides is 1. The van der Waals surface area contributed by atoms with Gasteiger partial charge in [0.2, 0.25) is 26.0 Å². The third kappa shape index (κ3) is 6.97. The van der Waals surface area contributed by atoms with Crippen molar-refractivity contribution in [2.75, 3.05) is 89.1 Å². The minimum Gasteiger partial charge on any atom is -0.379 e. The van der Waals surface area contributed by atoms with Gasteiger partial charge in [-0.1, -0.05) is 12.1 Å². The van der Waals surface area contributed by atoms with Crippen molar-refractivity contribution in [3.8, 4) is 0 Å². The van der Waals surface area contributed by atoms with Crippen LogP contribution in [0, 0.1) is 0 Å². The van der Waals surface area contributed by atoms with Gasteiger partial charge in [0.05, 0.1) is 60.8 Å². The first-order valence-electron chi connectivity index (χ1n) is 13.5. The number of ether oxygens (including phenoxy) is 3. The molecule has 0 radical (unpaired) electrons. The molecule has 0 bridgehead atoms. The molecule has 1 N–H and O–H groups in total. The fourth-order valence-electron chi connectivity index (χ4n) is 4.83. The minimum absolute atomic E-state index is 0.0905. The molecule has 0 aromatic heterocycles. The van der Waals surface area contributed by atoms with Gasteiger partial charge in [-0.25, -0.2) is 16.8 Å². The van der Waals surface area contributed by atoms with Crippen LogP contribution in [0.15, 0.2) is 58.3 Å². The Balaban J connectivity index is 1.33. The van der Waals surface area contributed by atoms with E-state index in [2.05, 4.69) is 5.32 Å². The number of carbonyl (C=O) groups is 1. The first-order chi connectivity index (χ1) is 19.7. The lowest BCUT2D eigenvalue weighted by Crippen LogP contribution is -2.40. The van der Waals surface area contributed by atoms with E-state index < -0.39 is 26.0 Å². The highest BCUT2D eigenvalue weighted by molar-refractivity contribution is 7.89. The van der Waals surface area contributed by atoms with Gasteiger partial charge in [0.15, 0.2) is 0 Å². The van der Waals surface area contributed by atoms with Crippen LogP contribution in [-0.2, 0) is 39.1 Å². The Bertz CT molecular complexity index is 1460. The monoisotopic (exact) mass is 606 g/mol. The largest absolute Gasteiger partial charge is 0.379 e. The number of morpholine rings is 3. The molecule has 3 aliphatic rings. The van der Waals surface area contributed by atoms with E-state index in [9.17, 15) is 21.6 Å². The van der Waals surface area contributed by atoms with E-state index in [0.29, 0.717) is 82.8 Å². The molecule has 3 heterocycles. The highest BCUT2D eigenvalue weighted by Gasteiger charge is 2.28. The Labute approximate surface area is 240 Å². The maximum Gasteiger partial charge on any atom is 0.248 e. The molecule has 0 saturated carbocycles. The SMILES string of the molecule is O=C(/C=C/c1ccc(S(=O)(=O)N2CCOCC2)cc1)Nc1cc(S(=O)(=O)N2CCOCC2)ccc1N1CCOCC1. The summed E-state index contributed by atoms with van der Waals surface area (Å²) in [6.45, 7) is 4.82. The predicted molar refractivity (Wildman–Crippen MR) is 153 cm³/mol. The van der Waals surface area contributed by atoms with E-state index in [1.54, 1.807) is 30.3 Å². The molecule has 12 nitrogen and oxygen atoms in total. The van der Waals surface area contributed by atoms with Gasteiger partial charge in [-0.05, 0) is 42.0 Å². The normalized spacial score (nSPS) is 19.9. The molecule has 5 rings (SSSR count). The third-order valence-electron chi connectivity index (χ3n) is 7.10. The highest BCUT2D eigenvalue weighted by Crippen LogP contribution is 2.31. The Morgan fingerprint density at radius 3 is 1.73 bits per heavy atom. The number of sulfonamides is 2. The molecule has 3 aliphatic heterocycles. The lowest BCUT2D eigenvalue weighted by molar-refractivity contribution is -0.111. The van der Waals surface area contributed by atoms with Crippen molar-refractivity contribution in [1.29, 1.82) is 0 Å². The van der Waals surface area contributed by atoms with Crippen LogP contribution in [0.3, 0.4) is 0 Å². The van der Waals surface area contributed by atoms with Crippen LogP contribution in [0.4, 0.5) is 11.4 Å². The first-order valence-corrected chi connectivity index (χ1v) is 16.3. The van der Waals surface area contributed by atoms with Gasteiger partial charge < -0.3 is 24.4 Å². The number of carbonyl (C=O) groups excluding carboxylic acids is 1. The second-order valence-electron chi connectivity index (χ2n) is 9.70. The van der Waals surface area contributed by atoms with Gasteiger partial charge in [0.25, 0.3) is 0 Å². The van der Waals surface area contributed by atoms with Crippen LogP contribution in [0.5, 0.6) is 0 Å². The summed E-state index contributed by atoms with van der Waals surface area (Å²) >= 11 is 0. The third-order valence-corrected chi connectivity index (χ3v) is 10.9. The van der Waals surface area contributed by atoms with Crippen molar-refractivity contribution in [2.24, 2.45) is 0 Å². The second kappa shape index (κ2) is 13.0. The Morgan fingerprint density at radius 2 is 1.17 bits per heavy atom. The number of anilines is 2. The van der Waals surface area contributed by atoms with Crippen molar-refractivity contribution in [1.82, 2.24) is 8.61 Å². The zero-order valence-electron chi connectivity index (χ0n) is 22.6. The molecule has 41 heavy (non-hydrogen) atoms. The van der Waals surface area contributed by atoms with E-state index in [1.807, 2.05) is 4.90 Å². The van der Waals surface area contributed by atoms with Gasteiger partial charge in [0, 0.05) is 45.3 Å². The quantitative estimate of drug-likeness (QED) is 0.440. The van der Waals surface area contributed by atoms with E-state index in [1.165, 1.54) is 32.9 Å². The smallest absolute Gasteiger partial charge is 0.248 e. The van der Waals surface area contributed by atoms with E-state index in [0.717, 1.165) is 0 Å². The van der Waals surface area contributed by atoms with Crippen LogP contribution >= 0.6 is 0 Å². The molecular weight excluding hydrogens is 572 g/mol. The molecule has 3 fully saturated rings. The number of nitrogens with zero attached hydrogens (tertiary/aromatic N) is 3. The van der Waals surface area contributed by atoms with Gasteiger partial charge in [-0.15, -0.1) is 0 Å². The summed E-state index contributed by atoms with van der Waals surface area (Å²) in [6.07, 6.45) is 2.90. The predicted octanol–water partition coefficient (Wildman–Crippen LogP) is 1.22. The number of hydrogen-bond acceptors (Lipinski definition) is 9. The highest BCUT2D eigenvalue weighted by atomic mass is 32.2. The zero-order chi connectivity index (χ0) is 28.9. The van der Waals surface area contributed by atoms with Crippen molar-refractivity contribution in [3.05, 3.63) is 54.1 Å². The maximum atomic E-state index is 13.3. The van der Waals surface area contributed by atoms with Crippen LogP contribution in [0.25, 0.3) is 6.08 Å². The van der Waals surface area contributed by atoms with Gasteiger partial charge in [-0.3, -0.25) is 4.79 Å². The number of hydrogen-bond donors (Lipinski definition) is 1. The van der Waals surface area contributed by atoms with Crippen molar-refractivity contribution < 1.29 is 35.8 Å². The second-order valence-corrected chi connectivity index (χ2v) is 13.6. The van der Waals surface area contributed by atoms with Gasteiger partial charge in [0.1, 0.15) is 0 Å². The Kier molecular flexibility index (Phi) is 9.38. The topological polar surface area (TPSA) is 135 Å². The molecule has 0 atom stereocenters. The van der Waals surface area contributed by atoms with E-state index in [-0.39, 0.29) is 22.9 Å². The maximum absolute atomic E-state index is 13.3. The zero-order valence-corrected chi connectivity index (χ0v) is 24.2. The van der Waals surface area contributed by atoms with Crippen molar-refractivity contribution in [3.63, 3.8) is 0 Å². The Morgan fingerprint density at radius 1 is 0.683 bits per heavy atom. The molecule has 2 aromatic carbocycles. The first kappa shape index (κ1) is 29.6. The van der Waals surface area contributed by atoms with Gasteiger partial charge in [-0.2, -0.15) is 8.61 Å². The summed E-state index contributed by atoms with van der Waals surface area (Å²) in [5.74, 6) is -0.453. The summed E-state index contributed by atoms with van der Waals surface area (Å²) < 4.78 is 71.0. The average Bonchev–Trinajstić information content (AvgIpc) is 3.01. The van der Waals surface area contributed by atoms with Crippen LogP contribution in [0.2, 0.25) is 0 Å². The molecule has 3 saturated heterocycles. The van der Waals surface area contributed by atoms with Crippen molar-refractivity contribution >= 4 is 43.4 Å². The van der Waals surface area contributed by atoms with Crippen molar-refractivity contribution in [2.45, 2.75) is 9.79 Å². The van der Waals surface area contributed by atoms with Crippen LogP contribution < -0.4 is 10.2 Å². The van der Waals surface area contributed by atoms with E-state index in [4.69, 9.17) is 14.2 Å². The van der Waals surface area contributed by atoms with E-state index >= 15 is 0 Å². The summed E-state index contributed by atoms with van der Waals surface area (Å²) in [5.41, 5.74) is 1.72. The molecule has 1 amide bonds. The number of benzene rings is 2. The molecular formula is C27H34N4O8S2. The molecule has 0 spiro atoms. The molecule has 2 aromatic rings. The van der Waals surface area contributed by atoms with Gasteiger partial charge >= 0.3 is 0 Å². The fourth-order valence-corrected chi connectivity index (χ4v) is 7.67. The lowest BCUT2D eigenvalue weighted by atomic mass is 10.2. The Hall–Kier alpha value is -2.85. The number of nitrogens with one attached hydrogen (secondary N) is 1. The minimum atomic E-state index is -3.77. The summed E-state index contributed by atoms with van der Waals surface area (Å²) in [5, 5.41) is 2.84. The molecule has 0 unspecified atom stereocenters. The average molecular weight is 607 g/mol. The lowest BCUT2D eigenvalue weighted by Gasteiger charge is -2.31. The molecule has 0 aliphatic carbocycles. The standard InChI is InChI=1S/C27H34N4O8S2/c32-27(8-3-22-1-4-23(5-2-22)40(33,34)30-11-17-38-18-12-30)28-25-21-24(41(35,36)31-13-19-39-20-14-31)6-7-26(25)29-9-15-37-16-10-29/h1-8,21H,9-20H2,(H,28,32)/b8-3+. The van der Waals surface area contributed by atoms with Crippen LogP contribution in [-0.4, -0.2) is 110 Å². The summed E-state index contributed by atoms with van der Waals surface area (Å²) in [4.78, 5) is 15.3.